The van der Waals surface area contributed by atoms with Gasteiger partial charge in [0.15, 0.2) is 5.65 Å². The van der Waals surface area contributed by atoms with Crippen molar-refractivity contribution in [3.8, 4) is 27.9 Å². The summed E-state index contributed by atoms with van der Waals surface area (Å²) in [6.07, 6.45) is 15.1. The largest absolute Gasteiger partial charge is 0.309 e. The number of aromatic nitrogens is 4. The summed E-state index contributed by atoms with van der Waals surface area (Å²) in [5.74, 6) is 0.442. The highest BCUT2D eigenvalue weighted by molar-refractivity contribution is 6.09. The van der Waals surface area contributed by atoms with E-state index in [9.17, 15) is 0 Å². The summed E-state index contributed by atoms with van der Waals surface area (Å²) in [7, 11) is 0. The molecule has 8 aromatic rings. The van der Waals surface area contributed by atoms with Crippen LogP contribution in [0.4, 0.5) is 0 Å². The first-order chi connectivity index (χ1) is 24.3. The molecule has 0 saturated carbocycles. The van der Waals surface area contributed by atoms with Crippen LogP contribution in [0.1, 0.15) is 41.9 Å². The quantitative estimate of drug-likeness (QED) is 0.194. The lowest BCUT2D eigenvalue weighted by molar-refractivity contribution is 0.679. The van der Waals surface area contributed by atoms with Gasteiger partial charge in [0.05, 0.1) is 17.2 Å². The third kappa shape index (κ3) is 4.59. The topological polar surface area (TPSA) is 35.1 Å². The molecule has 0 N–H and O–H groups in total. The van der Waals surface area contributed by atoms with E-state index < -0.39 is 0 Å². The highest BCUT2D eigenvalue weighted by atomic mass is 15.2. The van der Waals surface area contributed by atoms with E-state index in [1.165, 1.54) is 55.2 Å². The van der Waals surface area contributed by atoms with E-state index >= 15 is 0 Å². The molecule has 0 bridgehead atoms. The van der Waals surface area contributed by atoms with Crippen LogP contribution in [0, 0.1) is 0 Å². The molecule has 1 atom stereocenters. The van der Waals surface area contributed by atoms with Crippen molar-refractivity contribution >= 4 is 33.0 Å². The van der Waals surface area contributed by atoms with Crippen molar-refractivity contribution in [1.82, 2.24) is 19.2 Å². The first-order valence-electron chi connectivity index (χ1n) is 17.3. The average molecular weight is 631 g/mol. The minimum Gasteiger partial charge on any atom is -0.309 e. The molecule has 1 unspecified atom stereocenters. The Bertz CT molecular complexity index is 2560. The first kappa shape index (κ1) is 28.1. The van der Waals surface area contributed by atoms with Crippen molar-refractivity contribution in [1.29, 1.82) is 0 Å². The fraction of sp³-hybridized carbons (Fsp3) is 0.111. The van der Waals surface area contributed by atoms with Crippen LogP contribution >= 0.6 is 0 Å². The lowest BCUT2D eigenvalue weighted by Gasteiger charge is -2.24. The Morgan fingerprint density at radius 3 is 2.06 bits per heavy atom. The summed E-state index contributed by atoms with van der Waals surface area (Å²) in [5.41, 5.74) is 16.3. The Morgan fingerprint density at radius 1 is 0.571 bits per heavy atom. The summed E-state index contributed by atoms with van der Waals surface area (Å²) < 4.78 is 4.28. The van der Waals surface area contributed by atoms with Gasteiger partial charge < -0.3 is 4.57 Å². The van der Waals surface area contributed by atoms with Crippen LogP contribution in [0.2, 0.25) is 0 Å². The Balaban J connectivity index is 0.940. The van der Waals surface area contributed by atoms with E-state index in [0.29, 0.717) is 5.92 Å². The van der Waals surface area contributed by atoms with Crippen LogP contribution in [-0.4, -0.2) is 19.2 Å². The molecule has 49 heavy (non-hydrogen) atoms. The van der Waals surface area contributed by atoms with Gasteiger partial charge in [-0.05, 0) is 83.3 Å². The Hall–Kier alpha value is -6.00. The molecule has 0 fully saturated rings. The molecule has 10 rings (SSSR count). The molecule has 5 aromatic carbocycles. The average Bonchev–Trinajstić information content (AvgIpc) is 3.69. The number of aryl methyl sites for hydroxylation is 1. The van der Waals surface area contributed by atoms with Crippen molar-refractivity contribution < 1.29 is 0 Å². The zero-order chi connectivity index (χ0) is 32.3. The van der Waals surface area contributed by atoms with E-state index in [2.05, 4.69) is 144 Å². The molecule has 0 spiro atoms. The molecule has 4 heteroatoms. The highest BCUT2D eigenvalue weighted by Crippen LogP contribution is 2.44. The van der Waals surface area contributed by atoms with E-state index in [1.807, 2.05) is 16.9 Å². The van der Waals surface area contributed by atoms with Crippen LogP contribution in [0.3, 0.4) is 0 Å². The van der Waals surface area contributed by atoms with Crippen molar-refractivity contribution in [2.45, 2.75) is 31.6 Å². The molecule has 2 aliphatic rings. The molecule has 0 amide bonds. The van der Waals surface area contributed by atoms with E-state index in [1.54, 1.807) is 0 Å². The number of hydrogen-bond acceptors (Lipinski definition) is 2. The second-order valence-electron chi connectivity index (χ2n) is 13.4. The number of para-hydroxylation sites is 2. The van der Waals surface area contributed by atoms with Crippen molar-refractivity contribution in [2.75, 3.05) is 0 Å². The summed E-state index contributed by atoms with van der Waals surface area (Å²) in [6, 6.07) is 44.0. The van der Waals surface area contributed by atoms with Gasteiger partial charge in [-0.1, -0.05) is 115 Å². The summed E-state index contributed by atoms with van der Waals surface area (Å²) in [5, 5.41) is 7.29. The fourth-order valence-corrected chi connectivity index (χ4v) is 8.31. The monoisotopic (exact) mass is 630 g/mol. The molecule has 0 radical (unpaired) electrons. The lowest BCUT2D eigenvalue weighted by Crippen LogP contribution is -2.07. The van der Waals surface area contributed by atoms with Gasteiger partial charge in [0.2, 0.25) is 0 Å². The van der Waals surface area contributed by atoms with Crippen molar-refractivity contribution in [3.63, 3.8) is 0 Å². The number of benzene rings is 5. The molecular formula is C45H34N4. The SMILES string of the molecule is C1=C(c2cnc3c(-c4ccc(-n5c6ccccc6c6ccccc65)cc4)cnn3c2)CCC(C2CCc3ccccc3-c3ccccc32)=C1. The molecule has 3 heterocycles. The number of allylic oxidation sites excluding steroid dienone is 4. The van der Waals surface area contributed by atoms with E-state index in [4.69, 9.17) is 10.1 Å². The van der Waals surface area contributed by atoms with Crippen LogP contribution in [-0.2, 0) is 6.42 Å². The van der Waals surface area contributed by atoms with E-state index in [0.717, 1.165) is 53.7 Å². The Kier molecular flexibility index (Phi) is 6.48. The molecule has 3 aromatic heterocycles. The maximum absolute atomic E-state index is 4.95. The van der Waals surface area contributed by atoms with Gasteiger partial charge in [0.1, 0.15) is 0 Å². The van der Waals surface area contributed by atoms with Gasteiger partial charge in [0.25, 0.3) is 0 Å². The summed E-state index contributed by atoms with van der Waals surface area (Å²) in [6.45, 7) is 0. The Labute approximate surface area is 285 Å². The fourth-order valence-electron chi connectivity index (χ4n) is 8.31. The molecule has 0 saturated heterocycles. The number of fused-ring (bicyclic) bond motifs is 7. The predicted molar refractivity (Wildman–Crippen MR) is 201 cm³/mol. The predicted octanol–water partition coefficient (Wildman–Crippen LogP) is 11.0. The molecule has 2 aliphatic carbocycles. The van der Waals surface area contributed by atoms with Gasteiger partial charge in [-0.3, -0.25) is 0 Å². The summed E-state index contributed by atoms with van der Waals surface area (Å²) in [4.78, 5) is 4.95. The second-order valence-corrected chi connectivity index (χ2v) is 13.4. The second kappa shape index (κ2) is 11.3. The van der Waals surface area contributed by atoms with E-state index in [-0.39, 0.29) is 0 Å². The normalized spacial score (nSPS) is 15.9. The smallest absolute Gasteiger partial charge is 0.162 e. The van der Waals surface area contributed by atoms with Gasteiger partial charge in [-0.25, -0.2) is 9.50 Å². The maximum Gasteiger partial charge on any atom is 0.162 e. The molecule has 234 valence electrons. The summed E-state index contributed by atoms with van der Waals surface area (Å²) >= 11 is 0. The van der Waals surface area contributed by atoms with Crippen molar-refractivity contribution in [3.05, 3.63) is 174 Å². The minimum atomic E-state index is 0.442. The molecule has 4 nitrogen and oxygen atoms in total. The third-order valence-corrected chi connectivity index (χ3v) is 10.7. The molecule has 0 aliphatic heterocycles. The standard InChI is InChI=1S/C45H34N4/c1-2-10-36-31(9-1)23-26-37(39-12-4-3-11-38(36)39)32-19-17-30(18-20-32)34-27-46-45-42(28-47-48(45)29-34)33-21-24-35(25-22-33)49-43-15-7-5-13-40(43)41-14-6-8-16-44(41)49/h1-17,19,21-22,24-25,27-29,37H,18,20,23,26H2. The highest BCUT2D eigenvalue weighted by Gasteiger charge is 2.26. The van der Waals surface area contributed by atoms with Crippen LogP contribution in [0.5, 0.6) is 0 Å². The lowest BCUT2D eigenvalue weighted by atomic mass is 9.80. The number of hydrogen-bond donors (Lipinski definition) is 0. The van der Waals surface area contributed by atoms with Gasteiger partial charge in [-0.15, -0.1) is 0 Å². The van der Waals surface area contributed by atoms with Crippen LogP contribution in [0.25, 0.3) is 61.0 Å². The first-order valence-corrected chi connectivity index (χ1v) is 17.3. The van der Waals surface area contributed by atoms with Crippen LogP contribution < -0.4 is 0 Å². The van der Waals surface area contributed by atoms with Crippen LogP contribution in [0.15, 0.2) is 158 Å². The maximum atomic E-state index is 4.95. The number of rotatable bonds is 4. The zero-order valence-electron chi connectivity index (χ0n) is 27.1. The Morgan fingerprint density at radius 2 is 1.29 bits per heavy atom. The van der Waals surface area contributed by atoms with Gasteiger partial charge in [-0.2, -0.15) is 5.10 Å². The minimum absolute atomic E-state index is 0.442. The van der Waals surface area contributed by atoms with Crippen molar-refractivity contribution in [2.24, 2.45) is 0 Å². The zero-order valence-corrected chi connectivity index (χ0v) is 27.1. The van der Waals surface area contributed by atoms with Gasteiger partial charge >= 0.3 is 0 Å². The third-order valence-electron chi connectivity index (χ3n) is 10.7. The number of nitrogens with zero attached hydrogens (tertiary/aromatic N) is 4. The molecular weight excluding hydrogens is 597 g/mol. The van der Waals surface area contributed by atoms with Gasteiger partial charge in [0, 0.05) is 45.9 Å².